The molecule has 0 fully saturated rings. The molecule has 1 unspecified atom stereocenters. The number of ether oxygens (including phenoxy) is 1. The number of benzene rings is 2. The smallest absolute Gasteiger partial charge is 0.342 e. The molecule has 0 aliphatic rings. The van der Waals surface area contributed by atoms with E-state index in [2.05, 4.69) is 4.99 Å². The minimum absolute atomic E-state index is 0.0291. The standard InChI is InChI=1S/C21H18Cl2N4O6S.2C2H6/c22-14-5-1-12(2-6-14)10-27-21(32)26(11-33-19(31)16(24)9-17(28)29)20(34-27)25-18(30)13-3-7-15(23)8-4-13;2*1-2/h1-8,16H,9-11,24H2,(H,28,29);2*1-2H3. The van der Waals surface area contributed by atoms with E-state index in [-0.39, 0.29) is 16.9 Å². The molecule has 3 N–H and O–H groups in total. The highest BCUT2D eigenvalue weighted by Gasteiger charge is 2.20. The van der Waals surface area contributed by atoms with E-state index in [0.29, 0.717) is 10.0 Å². The number of halogens is 2. The van der Waals surface area contributed by atoms with Crippen LogP contribution in [-0.2, 0) is 27.6 Å². The van der Waals surface area contributed by atoms with Crippen LogP contribution in [0.3, 0.4) is 0 Å². The summed E-state index contributed by atoms with van der Waals surface area (Å²) in [7, 11) is 0. The Hall–Kier alpha value is -3.25. The number of carbonyl (C=O) groups is 3. The number of carboxylic acids is 1. The molecule has 0 aliphatic heterocycles. The summed E-state index contributed by atoms with van der Waals surface area (Å²) >= 11 is 12.6. The first-order chi connectivity index (χ1) is 18.1. The molecule has 206 valence electrons. The van der Waals surface area contributed by atoms with E-state index in [1.807, 2.05) is 27.7 Å². The second kappa shape index (κ2) is 16.6. The maximum absolute atomic E-state index is 13.0. The highest BCUT2D eigenvalue weighted by molar-refractivity contribution is 7.03. The highest BCUT2D eigenvalue weighted by Crippen LogP contribution is 2.12. The highest BCUT2D eigenvalue weighted by atomic mass is 35.5. The van der Waals surface area contributed by atoms with Gasteiger partial charge in [-0.1, -0.05) is 63.0 Å². The Balaban J connectivity index is 0.00000172. The van der Waals surface area contributed by atoms with E-state index in [1.54, 1.807) is 24.3 Å². The number of rotatable bonds is 8. The van der Waals surface area contributed by atoms with Gasteiger partial charge < -0.3 is 15.6 Å². The number of aromatic nitrogens is 2. The van der Waals surface area contributed by atoms with Gasteiger partial charge in [0, 0.05) is 15.6 Å². The van der Waals surface area contributed by atoms with Gasteiger partial charge in [-0.3, -0.25) is 14.4 Å². The van der Waals surface area contributed by atoms with E-state index in [1.165, 1.54) is 28.2 Å². The number of hydrogen-bond donors (Lipinski definition) is 2. The summed E-state index contributed by atoms with van der Waals surface area (Å²) in [6.45, 7) is 7.54. The Morgan fingerprint density at radius 2 is 1.53 bits per heavy atom. The molecule has 13 heteroatoms. The molecule has 0 radical (unpaired) electrons. The maximum Gasteiger partial charge on any atom is 0.342 e. The first kappa shape index (κ1) is 32.8. The number of carboxylic acid groups (broad SMARTS) is 1. The molecule has 2 aromatic carbocycles. The number of nitrogens with zero attached hydrogens (tertiary/aromatic N) is 3. The SMILES string of the molecule is CC.CC.NC(CC(=O)O)C(=O)OCn1c(=NC(=O)c2ccc(Cl)cc2)sn(Cc2ccc(Cl)cc2)c1=O. The molecule has 3 rings (SSSR count). The lowest BCUT2D eigenvalue weighted by molar-refractivity contribution is -0.152. The normalized spacial score (nSPS) is 11.4. The Labute approximate surface area is 234 Å². The summed E-state index contributed by atoms with van der Waals surface area (Å²) in [6.07, 6.45) is -0.639. The number of nitrogens with two attached hydrogens (primary N) is 1. The largest absolute Gasteiger partial charge is 0.481 e. The molecular weight excluding hydrogens is 555 g/mol. The number of aliphatic carboxylic acids is 1. The minimum atomic E-state index is -1.41. The maximum atomic E-state index is 13.0. The average Bonchev–Trinajstić information content (AvgIpc) is 3.19. The van der Waals surface area contributed by atoms with E-state index in [4.69, 9.17) is 38.8 Å². The van der Waals surface area contributed by atoms with Crippen LogP contribution in [0.4, 0.5) is 0 Å². The van der Waals surface area contributed by atoms with Crippen molar-refractivity contribution in [2.75, 3.05) is 0 Å². The molecule has 1 atom stereocenters. The van der Waals surface area contributed by atoms with Crippen molar-refractivity contribution < 1.29 is 24.2 Å². The van der Waals surface area contributed by atoms with Crippen LogP contribution in [0.5, 0.6) is 0 Å². The molecule has 0 bridgehead atoms. The lowest BCUT2D eigenvalue weighted by Gasteiger charge is -2.09. The topological polar surface area (TPSA) is 146 Å². The van der Waals surface area contributed by atoms with Gasteiger partial charge in [0.05, 0.1) is 13.0 Å². The fourth-order valence-electron chi connectivity index (χ4n) is 2.70. The van der Waals surface area contributed by atoms with Gasteiger partial charge in [0.25, 0.3) is 5.91 Å². The summed E-state index contributed by atoms with van der Waals surface area (Å²) in [6, 6.07) is 11.4. The van der Waals surface area contributed by atoms with E-state index in [0.717, 1.165) is 21.7 Å². The van der Waals surface area contributed by atoms with Crippen LogP contribution >= 0.6 is 34.7 Å². The molecule has 0 saturated heterocycles. The second-order valence-corrected chi connectivity index (χ2v) is 8.83. The van der Waals surface area contributed by atoms with Gasteiger partial charge in [-0.2, -0.15) is 4.99 Å². The molecule has 1 aromatic heterocycles. The molecule has 0 spiro atoms. The van der Waals surface area contributed by atoms with Crippen molar-refractivity contribution in [3.8, 4) is 0 Å². The van der Waals surface area contributed by atoms with Crippen molar-refractivity contribution >= 4 is 52.6 Å². The predicted octanol–water partition coefficient (Wildman–Crippen LogP) is 4.16. The third-order valence-electron chi connectivity index (χ3n) is 4.43. The molecule has 0 aliphatic carbocycles. The molecule has 3 aromatic rings. The molecule has 1 heterocycles. The third-order valence-corrected chi connectivity index (χ3v) is 5.91. The Kier molecular flexibility index (Phi) is 14.3. The first-order valence-electron chi connectivity index (χ1n) is 11.7. The van der Waals surface area contributed by atoms with Gasteiger partial charge in [0.15, 0.2) is 6.73 Å². The van der Waals surface area contributed by atoms with Crippen LogP contribution < -0.4 is 16.2 Å². The molecule has 10 nitrogen and oxygen atoms in total. The zero-order valence-corrected chi connectivity index (χ0v) is 23.7. The number of esters is 1. The predicted molar refractivity (Wildman–Crippen MR) is 147 cm³/mol. The number of amides is 1. The van der Waals surface area contributed by atoms with Gasteiger partial charge in [-0.15, -0.1) is 0 Å². The molecule has 1 amide bonds. The summed E-state index contributed by atoms with van der Waals surface area (Å²) in [4.78, 5) is 52.4. The fourth-order valence-corrected chi connectivity index (χ4v) is 3.89. The van der Waals surface area contributed by atoms with Crippen LogP contribution in [-0.4, -0.2) is 37.5 Å². The van der Waals surface area contributed by atoms with Gasteiger partial charge >= 0.3 is 17.6 Å². The van der Waals surface area contributed by atoms with Crippen LogP contribution in [0, 0.1) is 0 Å². The zero-order valence-electron chi connectivity index (χ0n) is 21.4. The Bertz CT molecular complexity index is 1330. The van der Waals surface area contributed by atoms with Crippen molar-refractivity contribution in [3.05, 3.63) is 85.0 Å². The van der Waals surface area contributed by atoms with Crippen LogP contribution in [0.1, 0.15) is 50.0 Å². The molecular formula is C25H30Cl2N4O6S. The second-order valence-electron chi connectivity index (χ2n) is 6.97. The molecule has 0 saturated carbocycles. The van der Waals surface area contributed by atoms with Gasteiger partial charge in [-0.05, 0) is 53.5 Å². The van der Waals surface area contributed by atoms with Crippen molar-refractivity contribution in [1.82, 2.24) is 8.52 Å². The van der Waals surface area contributed by atoms with E-state index in [9.17, 15) is 19.2 Å². The van der Waals surface area contributed by atoms with Crippen LogP contribution in [0.25, 0.3) is 0 Å². The number of carbonyl (C=O) groups excluding carboxylic acids is 2. The van der Waals surface area contributed by atoms with E-state index >= 15 is 0 Å². The zero-order chi connectivity index (χ0) is 28.8. The number of hydrogen-bond acceptors (Lipinski definition) is 7. The van der Waals surface area contributed by atoms with Crippen molar-refractivity contribution in [1.29, 1.82) is 0 Å². The first-order valence-corrected chi connectivity index (χ1v) is 13.2. The summed E-state index contributed by atoms with van der Waals surface area (Å²) in [5, 5.41) is 9.75. The van der Waals surface area contributed by atoms with Crippen molar-refractivity contribution in [2.24, 2.45) is 10.7 Å². The van der Waals surface area contributed by atoms with E-state index < -0.39 is 42.7 Å². The molecule has 38 heavy (non-hydrogen) atoms. The fraction of sp³-hybridized carbons (Fsp3) is 0.320. The van der Waals surface area contributed by atoms with Crippen molar-refractivity contribution in [2.45, 2.75) is 53.4 Å². The third kappa shape index (κ3) is 9.90. The van der Waals surface area contributed by atoms with Gasteiger partial charge in [0.1, 0.15) is 6.04 Å². The quantitative estimate of drug-likeness (QED) is 0.378. The van der Waals surface area contributed by atoms with Crippen LogP contribution in [0.2, 0.25) is 10.0 Å². The monoisotopic (exact) mass is 584 g/mol. The summed E-state index contributed by atoms with van der Waals surface area (Å²) in [5.74, 6) is -2.93. The van der Waals surface area contributed by atoms with Crippen molar-refractivity contribution in [3.63, 3.8) is 0 Å². The Morgan fingerprint density at radius 3 is 2.05 bits per heavy atom. The van der Waals surface area contributed by atoms with Gasteiger partial charge in [0.2, 0.25) is 4.80 Å². The Morgan fingerprint density at radius 1 is 1.00 bits per heavy atom. The van der Waals surface area contributed by atoms with Gasteiger partial charge in [-0.25, -0.2) is 13.3 Å². The summed E-state index contributed by atoms with van der Waals surface area (Å²) in [5.41, 5.74) is 5.90. The minimum Gasteiger partial charge on any atom is -0.481 e. The average molecular weight is 586 g/mol. The van der Waals surface area contributed by atoms with Crippen LogP contribution in [0.15, 0.2) is 58.3 Å². The lowest BCUT2D eigenvalue weighted by atomic mass is 10.2. The summed E-state index contributed by atoms with van der Waals surface area (Å²) < 4.78 is 7.32. The lowest BCUT2D eigenvalue weighted by Crippen LogP contribution is -2.37.